The standard InChI is InChI=1S/C8H11NO3.C3H4O2/c1-5(2)7(10)9-4-6(3)8(11)12;1-2-3(4)5/h4H,1H2,2-3H3,(H,9,10)(H,11,12);2H,1H2,(H,4,5). The Kier molecular flexibility index (Phi) is 8.92. The number of amides is 1. The summed E-state index contributed by atoms with van der Waals surface area (Å²) in [5.41, 5.74) is 0.411. The van der Waals surface area contributed by atoms with E-state index in [1.807, 2.05) is 0 Å². The molecule has 0 aliphatic heterocycles. The van der Waals surface area contributed by atoms with E-state index in [4.69, 9.17) is 10.2 Å². The fourth-order valence-electron chi connectivity index (χ4n) is 0.359. The van der Waals surface area contributed by atoms with E-state index in [1.165, 1.54) is 6.92 Å². The summed E-state index contributed by atoms with van der Waals surface area (Å²) in [4.78, 5) is 30.3. The molecule has 1 amide bonds. The number of nitrogens with one attached hydrogen (secondary N) is 1. The molecule has 94 valence electrons. The Bertz CT molecular complexity index is 368. The minimum atomic E-state index is -1.06. The minimum Gasteiger partial charge on any atom is -0.478 e. The SMILES string of the molecule is C=C(C)C(=O)NC=C(C)C(=O)O.C=CC(=O)O. The highest BCUT2D eigenvalue weighted by molar-refractivity contribution is 5.94. The molecule has 0 aromatic rings. The lowest BCUT2D eigenvalue weighted by atomic mass is 10.3. The largest absolute Gasteiger partial charge is 0.478 e. The van der Waals surface area contributed by atoms with Crippen molar-refractivity contribution in [3.63, 3.8) is 0 Å². The highest BCUT2D eigenvalue weighted by Crippen LogP contribution is 1.91. The highest BCUT2D eigenvalue weighted by Gasteiger charge is 2.01. The summed E-state index contributed by atoms with van der Waals surface area (Å²) in [7, 11) is 0. The zero-order valence-corrected chi connectivity index (χ0v) is 9.69. The number of hydrogen-bond acceptors (Lipinski definition) is 3. The zero-order chi connectivity index (χ0) is 14.0. The Hall–Kier alpha value is -2.37. The third-order valence-corrected chi connectivity index (χ3v) is 1.32. The van der Waals surface area contributed by atoms with Crippen LogP contribution in [0.5, 0.6) is 0 Å². The molecule has 0 atom stereocenters. The normalized spacial score (nSPS) is 9.41. The molecular formula is C11H15NO5. The quantitative estimate of drug-likeness (QED) is 0.635. The first-order valence-electron chi connectivity index (χ1n) is 4.44. The van der Waals surface area contributed by atoms with Gasteiger partial charge in [-0.1, -0.05) is 13.2 Å². The lowest BCUT2D eigenvalue weighted by molar-refractivity contribution is -0.133. The molecule has 0 radical (unpaired) electrons. The maximum Gasteiger partial charge on any atom is 0.332 e. The molecule has 3 N–H and O–H groups in total. The summed E-state index contributed by atoms with van der Waals surface area (Å²) in [6, 6.07) is 0. The molecule has 0 fully saturated rings. The Morgan fingerprint density at radius 1 is 1.18 bits per heavy atom. The third kappa shape index (κ3) is 11.6. The van der Waals surface area contributed by atoms with Gasteiger partial charge in [-0.2, -0.15) is 0 Å². The van der Waals surface area contributed by atoms with E-state index in [0.717, 1.165) is 12.3 Å². The van der Waals surface area contributed by atoms with Gasteiger partial charge in [0.25, 0.3) is 0 Å². The van der Waals surface area contributed by atoms with E-state index in [-0.39, 0.29) is 11.5 Å². The Labute approximate surface area is 98.9 Å². The predicted octanol–water partition coefficient (Wildman–Crippen LogP) is 0.924. The fourth-order valence-corrected chi connectivity index (χ4v) is 0.359. The molecule has 0 saturated heterocycles. The second-order valence-corrected chi connectivity index (χ2v) is 2.93. The summed E-state index contributed by atoms with van der Waals surface area (Å²) >= 11 is 0. The van der Waals surface area contributed by atoms with Crippen LogP contribution in [0.1, 0.15) is 13.8 Å². The topological polar surface area (TPSA) is 104 Å². The average Bonchev–Trinajstić information content (AvgIpc) is 2.25. The first kappa shape index (κ1) is 17.0. The van der Waals surface area contributed by atoms with Crippen LogP contribution in [-0.2, 0) is 14.4 Å². The van der Waals surface area contributed by atoms with Crippen LogP contribution in [0.15, 0.2) is 36.6 Å². The third-order valence-electron chi connectivity index (χ3n) is 1.32. The van der Waals surface area contributed by atoms with Crippen LogP contribution < -0.4 is 5.32 Å². The Morgan fingerprint density at radius 2 is 1.59 bits per heavy atom. The lowest BCUT2D eigenvalue weighted by Gasteiger charge is -1.98. The summed E-state index contributed by atoms with van der Waals surface area (Å²) < 4.78 is 0. The van der Waals surface area contributed by atoms with Crippen molar-refractivity contribution in [2.45, 2.75) is 13.8 Å². The van der Waals surface area contributed by atoms with Gasteiger partial charge in [0.1, 0.15) is 0 Å². The van der Waals surface area contributed by atoms with Gasteiger partial charge in [-0.3, -0.25) is 4.79 Å². The second kappa shape index (κ2) is 8.90. The second-order valence-electron chi connectivity index (χ2n) is 2.93. The number of rotatable bonds is 4. The van der Waals surface area contributed by atoms with Crippen LogP contribution in [0.2, 0.25) is 0 Å². The van der Waals surface area contributed by atoms with Crippen LogP contribution in [-0.4, -0.2) is 28.1 Å². The molecule has 0 unspecified atom stereocenters. The van der Waals surface area contributed by atoms with Gasteiger partial charge >= 0.3 is 11.9 Å². The molecule has 0 aromatic heterocycles. The van der Waals surface area contributed by atoms with Gasteiger partial charge in [0.05, 0.1) is 0 Å². The molecule has 0 aliphatic rings. The van der Waals surface area contributed by atoms with Gasteiger partial charge in [-0.25, -0.2) is 9.59 Å². The summed E-state index contributed by atoms with van der Waals surface area (Å²) in [5.74, 6) is -2.42. The van der Waals surface area contributed by atoms with Crippen LogP contribution in [0.25, 0.3) is 0 Å². The van der Waals surface area contributed by atoms with Crippen molar-refractivity contribution in [3.8, 4) is 0 Å². The van der Waals surface area contributed by atoms with Crippen molar-refractivity contribution in [2.75, 3.05) is 0 Å². The molecule has 0 heterocycles. The van der Waals surface area contributed by atoms with E-state index in [9.17, 15) is 14.4 Å². The number of carbonyl (C=O) groups is 3. The number of carboxylic acids is 2. The Balaban J connectivity index is 0. The van der Waals surface area contributed by atoms with E-state index < -0.39 is 11.9 Å². The van der Waals surface area contributed by atoms with Gasteiger partial charge in [0.2, 0.25) is 5.91 Å². The molecule has 0 bridgehead atoms. The number of aliphatic carboxylic acids is 2. The van der Waals surface area contributed by atoms with Crippen LogP contribution >= 0.6 is 0 Å². The molecule has 0 saturated carbocycles. The van der Waals surface area contributed by atoms with Crippen LogP contribution in [0, 0.1) is 0 Å². The van der Waals surface area contributed by atoms with E-state index in [1.54, 1.807) is 6.92 Å². The van der Waals surface area contributed by atoms with Crippen molar-refractivity contribution < 1.29 is 24.6 Å². The molecule has 6 heteroatoms. The van der Waals surface area contributed by atoms with Gasteiger partial charge in [0, 0.05) is 23.4 Å². The summed E-state index contributed by atoms with van der Waals surface area (Å²) in [5, 5.41) is 18.3. The van der Waals surface area contributed by atoms with E-state index >= 15 is 0 Å². The van der Waals surface area contributed by atoms with Gasteiger partial charge in [-0.05, 0) is 13.8 Å². The van der Waals surface area contributed by atoms with Gasteiger partial charge in [-0.15, -0.1) is 0 Å². The van der Waals surface area contributed by atoms with Crippen molar-refractivity contribution in [2.24, 2.45) is 0 Å². The Morgan fingerprint density at radius 3 is 1.82 bits per heavy atom. The maximum absolute atomic E-state index is 10.8. The van der Waals surface area contributed by atoms with E-state index in [2.05, 4.69) is 18.5 Å². The summed E-state index contributed by atoms with van der Waals surface area (Å²) in [6.07, 6.45) is 1.97. The summed E-state index contributed by atoms with van der Waals surface area (Å²) in [6.45, 7) is 9.28. The molecule has 0 rings (SSSR count). The number of carbonyl (C=O) groups excluding carboxylic acids is 1. The van der Waals surface area contributed by atoms with Gasteiger partial charge < -0.3 is 15.5 Å². The van der Waals surface area contributed by atoms with Gasteiger partial charge in [0.15, 0.2) is 0 Å². The molecule has 0 spiro atoms. The van der Waals surface area contributed by atoms with Crippen molar-refractivity contribution in [1.82, 2.24) is 5.32 Å². The average molecular weight is 241 g/mol. The van der Waals surface area contributed by atoms with Crippen molar-refractivity contribution >= 4 is 17.8 Å². The molecule has 6 nitrogen and oxygen atoms in total. The smallest absolute Gasteiger partial charge is 0.332 e. The maximum atomic E-state index is 10.8. The van der Waals surface area contributed by atoms with Crippen molar-refractivity contribution in [3.05, 3.63) is 36.6 Å². The molecular weight excluding hydrogens is 226 g/mol. The fraction of sp³-hybridized carbons (Fsp3) is 0.182. The predicted molar refractivity (Wildman–Crippen MR) is 62.2 cm³/mol. The van der Waals surface area contributed by atoms with Crippen LogP contribution in [0.4, 0.5) is 0 Å². The monoisotopic (exact) mass is 241 g/mol. The van der Waals surface area contributed by atoms with Crippen LogP contribution in [0.3, 0.4) is 0 Å². The number of hydrogen-bond donors (Lipinski definition) is 3. The number of carboxylic acid groups (broad SMARTS) is 2. The first-order chi connectivity index (χ1) is 7.72. The molecule has 0 aliphatic carbocycles. The van der Waals surface area contributed by atoms with Crippen molar-refractivity contribution in [1.29, 1.82) is 0 Å². The minimum absolute atomic E-state index is 0.0737. The van der Waals surface area contributed by atoms with E-state index in [0.29, 0.717) is 5.57 Å². The zero-order valence-electron chi connectivity index (χ0n) is 9.69. The lowest BCUT2D eigenvalue weighted by Crippen LogP contribution is -2.18. The highest BCUT2D eigenvalue weighted by atomic mass is 16.4. The molecule has 17 heavy (non-hydrogen) atoms. The first-order valence-corrected chi connectivity index (χ1v) is 4.44. The molecule has 0 aromatic carbocycles.